The first-order valence-electron chi connectivity index (χ1n) is 26.0. The number of nitrogens with two attached hydrogens (primary N) is 2. The van der Waals surface area contributed by atoms with Crippen molar-refractivity contribution in [1.29, 1.82) is 0 Å². The molecule has 9 N–H and O–H groups in total. The molecule has 0 unspecified atom stereocenters. The maximum atomic E-state index is 14.3. The molecule has 6 amide bonds. The number of urea groups is 1. The van der Waals surface area contributed by atoms with Gasteiger partial charge in [-0.1, -0.05) is 63.6 Å². The Morgan fingerprint density at radius 2 is 1.61 bits per heavy atom. The highest BCUT2D eigenvalue weighted by Crippen LogP contribution is 2.72. The van der Waals surface area contributed by atoms with Crippen molar-refractivity contribution in [3.05, 3.63) is 65.8 Å². The zero-order valence-electron chi connectivity index (χ0n) is 44.0. The van der Waals surface area contributed by atoms with E-state index in [9.17, 15) is 38.4 Å². The normalized spacial score (nSPS) is 28.8. The van der Waals surface area contributed by atoms with Crippen LogP contribution < -0.4 is 38.1 Å². The number of hydrogen-bond donors (Lipinski definition) is 7. The van der Waals surface area contributed by atoms with E-state index in [0.717, 1.165) is 11.6 Å². The van der Waals surface area contributed by atoms with E-state index in [2.05, 4.69) is 26.6 Å². The average molecular weight is 1070 g/mol. The van der Waals surface area contributed by atoms with Crippen molar-refractivity contribution in [2.24, 2.45) is 34.1 Å². The van der Waals surface area contributed by atoms with Crippen molar-refractivity contribution in [3.63, 3.8) is 0 Å². The van der Waals surface area contributed by atoms with E-state index in [1.54, 1.807) is 45.0 Å². The highest BCUT2D eigenvalue weighted by Gasteiger charge is 2.83. The maximum absolute atomic E-state index is 14.3. The Morgan fingerprint density at radius 1 is 0.895 bits per heavy atom. The van der Waals surface area contributed by atoms with E-state index in [0.29, 0.717) is 56.9 Å². The van der Waals surface area contributed by atoms with E-state index in [4.69, 9.17) is 49.4 Å². The fourth-order valence-corrected chi connectivity index (χ4v) is 10.5. The smallest absolute Gasteiger partial charge is 0.408 e. The topological polar surface area (TPSA) is 326 Å². The zero-order chi connectivity index (χ0) is 55.0. The van der Waals surface area contributed by atoms with Crippen LogP contribution in [0.3, 0.4) is 0 Å². The van der Waals surface area contributed by atoms with Crippen molar-refractivity contribution in [2.45, 2.75) is 128 Å². The van der Waals surface area contributed by atoms with Crippen molar-refractivity contribution in [1.82, 2.24) is 21.3 Å². The third kappa shape index (κ3) is 14.7. The number of carbonyl (C=O) groups excluding carboxylic acids is 8. The summed E-state index contributed by atoms with van der Waals surface area (Å²) in [7, 11) is 0. The summed E-state index contributed by atoms with van der Waals surface area (Å²) in [5.41, 5.74) is 10.1. The molecule has 23 nitrogen and oxygen atoms in total. The number of primary amides is 1. The molecule has 2 bridgehead atoms. The molecule has 2 aliphatic carbocycles. The fourth-order valence-electron chi connectivity index (χ4n) is 10.5. The van der Waals surface area contributed by atoms with Crippen molar-refractivity contribution < 1.29 is 76.3 Å². The van der Waals surface area contributed by atoms with Gasteiger partial charge in [-0.15, -0.1) is 0 Å². The van der Waals surface area contributed by atoms with Gasteiger partial charge in [0.05, 0.1) is 57.3 Å². The number of epoxide rings is 1. The minimum Gasteiger partial charge on any atom is -0.463 e. The number of hydrogen-bond acceptors (Lipinski definition) is 17. The first-order chi connectivity index (χ1) is 36.3. The lowest BCUT2D eigenvalue weighted by molar-refractivity contribution is -0.233. The summed E-state index contributed by atoms with van der Waals surface area (Å²) in [4.78, 5) is 105. The molecule has 1 saturated carbocycles. The van der Waals surface area contributed by atoms with Crippen LogP contribution in [0.25, 0.3) is 0 Å². The number of alkyl carbamates (subject to hydrolysis) is 1. The predicted octanol–water partition coefficient (Wildman–Crippen LogP) is 2.50. The zero-order valence-corrected chi connectivity index (χ0v) is 44.0. The van der Waals surface area contributed by atoms with Crippen LogP contribution in [-0.2, 0) is 73.3 Å². The van der Waals surface area contributed by atoms with E-state index in [-0.39, 0.29) is 77.3 Å². The van der Waals surface area contributed by atoms with Gasteiger partial charge >= 0.3 is 30.0 Å². The number of benzene rings is 1. The second-order valence-corrected chi connectivity index (χ2v) is 20.4. The third-order valence-corrected chi connectivity index (χ3v) is 15.0. The molecule has 6 rings (SSSR count). The van der Waals surface area contributed by atoms with Crippen molar-refractivity contribution >= 4 is 53.4 Å². The van der Waals surface area contributed by atoms with Crippen LogP contribution in [0, 0.1) is 22.7 Å². The summed E-state index contributed by atoms with van der Waals surface area (Å²) >= 11 is 0. The lowest BCUT2D eigenvalue weighted by atomic mass is 9.51. The summed E-state index contributed by atoms with van der Waals surface area (Å²) in [6.45, 7) is 10.8. The van der Waals surface area contributed by atoms with E-state index >= 15 is 0 Å². The van der Waals surface area contributed by atoms with Gasteiger partial charge in [0.1, 0.15) is 43.0 Å². The summed E-state index contributed by atoms with van der Waals surface area (Å²) in [6.07, 6.45) is 6.85. The second-order valence-electron chi connectivity index (χ2n) is 20.4. The SMILES string of the molecule is CC1=C[C@H]2O[C@@H]3C[C@H]4OC(=O)/C=C\C=C\C(=O)OCC[C@@H](C)[C@@H](NC(=O)OCc5ccc(NC(=O)[C@H](CCCNC(N)=O)NC(=O)[C@@H](NC(=O)CCOCCOCCN)C(C)C)cc5)C(=O)OC[C@@]2(CC1)[C@]4(C)[C@]31CO1. The lowest BCUT2D eigenvalue weighted by Gasteiger charge is -2.58. The van der Waals surface area contributed by atoms with E-state index in [1.807, 2.05) is 19.9 Å². The maximum Gasteiger partial charge on any atom is 0.408 e. The quantitative estimate of drug-likeness (QED) is 0.0306. The number of nitrogens with one attached hydrogen (secondary N) is 5. The molecule has 76 heavy (non-hydrogen) atoms. The fraction of sp³-hybridized carbons (Fsp3) is 0.623. The van der Waals surface area contributed by atoms with Gasteiger partial charge in [0.15, 0.2) is 0 Å². The van der Waals surface area contributed by atoms with Crippen LogP contribution in [0.2, 0.25) is 0 Å². The Hall–Kier alpha value is -6.40. The van der Waals surface area contributed by atoms with Gasteiger partial charge in [-0.05, 0) is 68.6 Å². The number of ether oxygens (including phenoxy) is 8. The van der Waals surface area contributed by atoms with Gasteiger partial charge in [0.2, 0.25) is 17.7 Å². The Kier molecular flexibility index (Phi) is 21.0. The minimum atomic E-state index is -1.26. The molecule has 1 aromatic rings. The van der Waals surface area contributed by atoms with Crippen LogP contribution in [0.5, 0.6) is 0 Å². The molecule has 2 saturated heterocycles. The molecule has 3 heterocycles. The summed E-state index contributed by atoms with van der Waals surface area (Å²) in [5.74, 6) is -4.61. The number of allylic oxidation sites excluding steroid dienone is 3. The largest absolute Gasteiger partial charge is 0.463 e. The summed E-state index contributed by atoms with van der Waals surface area (Å²) in [5, 5.41) is 13.4. The van der Waals surface area contributed by atoms with Crippen LogP contribution in [0.4, 0.5) is 15.3 Å². The van der Waals surface area contributed by atoms with Gasteiger partial charge in [0.25, 0.3) is 0 Å². The standard InChI is InChI=1S/C53H75N7O16/c1-32(2)44(59-41(61)18-22-69-25-26-70-24-20-54)47(65)58-37(9-8-21-56-49(55)67)46(64)57-36-14-12-35(13-15-36)29-72-50(68)60-45-34(4)17-23-71-42(62)10-6-7-11-43(63)76-38-28-40-53(31-74-53)51(38,5)52(30-73-48(45)66)19-16-33(3)27-39(52)75-40/h6-7,10-15,27,32,34,37-40,44-45H,8-9,16-26,28-31,54H2,1-5H3,(H,57,64)(H,58,65)(H,59,61)(H,60,68)(H3,55,56,67)/b10-6+,11-7-/t34-,37+,38-,39-,40-,44+,45-,51-,52-,53+/m1/s1. The third-order valence-electron chi connectivity index (χ3n) is 15.0. The number of rotatable bonds is 21. The molecule has 418 valence electrons. The van der Waals surface area contributed by atoms with Crippen LogP contribution in [0.15, 0.2) is 60.2 Å². The predicted molar refractivity (Wildman–Crippen MR) is 272 cm³/mol. The van der Waals surface area contributed by atoms with E-state index in [1.165, 1.54) is 18.2 Å². The minimum absolute atomic E-state index is 0.0112. The highest BCUT2D eigenvalue weighted by molar-refractivity contribution is 5.98. The molecule has 0 aromatic heterocycles. The Labute approximate surface area is 442 Å². The van der Waals surface area contributed by atoms with Crippen molar-refractivity contribution in [2.75, 3.05) is 64.7 Å². The molecule has 2 spiro atoms. The first kappa shape index (κ1) is 58.9. The van der Waals surface area contributed by atoms with Gasteiger partial charge in [-0.2, -0.15) is 0 Å². The van der Waals surface area contributed by atoms with Crippen LogP contribution >= 0.6 is 0 Å². The second kappa shape index (κ2) is 27.1. The number of amides is 6. The van der Waals surface area contributed by atoms with Gasteiger partial charge in [-0.3, -0.25) is 14.4 Å². The highest BCUT2D eigenvalue weighted by atomic mass is 16.6. The Balaban J connectivity index is 1.09. The molecule has 5 aliphatic rings. The summed E-state index contributed by atoms with van der Waals surface area (Å²) in [6, 6.07) is 2.29. The molecule has 1 aromatic carbocycles. The Bertz CT molecular complexity index is 2340. The molecular formula is C53H75N7O16. The molecule has 23 heteroatoms. The van der Waals surface area contributed by atoms with Crippen LogP contribution in [-0.4, -0.2) is 149 Å². The summed E-state index contributed by atoms with van der Waals surface area (Å²) < 4.78 is 46.9. The van der Waals surface area contributed by atoms with Crippen LogP contribution in [0.1, 0.15) is 85.1 Å². The number of carbonyl (C=O) groups is 8. The monoisotopic (exact) mass is 1070 g/mol. The molecule has 3 aliphatic heterocycles. The first-order valence-corrected chi connectivity index (χ1v) is 26.0. The van der Waals surface area contributed by atoms with Gasteiger partial charge in [-0.25, -0.2) is 24.0 Å². The number of cyclic esters (lactones) is 2. The molecule has 3 fully saturated rings. The molecular weight excluding hydrogens is 991 g/mol. The van der Waals surface area contributed by atoms with Gasteiger partial charge < -0.3 is 75.9 Å². The van der Waals surface area contributed by atoms with Gasteiger partial charge in [0, 0.05) is 49.2 Å². The lowest BCUT2D eigenvalue weighted by Crippen LogP contribution is -2.67. The van der Waals surface area contributed by atoms with Crippen molar-refractivity contribution in [3.8, 4) is 0 Å². The number of anilines is 1. The number of esters is 3. The van der Waals surface area contributed by atoms with E-state index < -0.39 is 100 Å². The Morgan fingerprint density at radius 3 is 2.29 bits per heavy atom. The molecule has 0 radical (unpaired) electrons. The average Bonchev–Trinajstić information content (AvgIpc) is 4.21. The molecule has 10 atom stereocenters.